The third-order valence-electron chi connectivity index (χ3n) is 6.19. The third-order valence-corrected chi connectivity index (χ3v) is 6.19. The maximum absolute atomic E-state index is 14.1. The van der Waals surface area contributed by atoms with Gasteiger partial charge in [0.15, 0.2) is 23.3 Å². The zero-order valence-electron chi connectivity index (χ0n) is 20.0. The fraction of sp³-hybridized carbons (Fsp3) is 0.107. The molecule has 0 heterocycles. The van der Waals surface area contributed by atoms with Crippen LogP contribution in [0.5, 0.6) is 5.75 Å². The van der Waals surface area contributed by atoms with E-state index in [0.717, 1.165) is 17.3 Å². The molecule has 196 valence electrons. The van der Waals surface area contributed by atoms with E-state index in [4.69, 9.17) is 17.0 Å². The van der Waals surface area contributed by atoms with Gasteiger partial charge in [0.25, 0.3) is 0 Å². The van der Waals surface area contributed by atoms with Crippen LogP contribution in [0.15, 0.2) is 77.8 Å². The SMILES string of the molecule is Cc1ccc(C(C)(c2ccccc2)c2ccccc2)c(O)c1C=Nc1c(F)c(F)c(F)c(F)c1F.[Cl][Zr][Cl]. The van der Waals surface area contributed by atoms with Crippen LogP contribution in [0, 0.1) is 36.0 Å². The molecule has 0 fully saturated rings. The van der Waals surface area contributed by atoms with Gasteiger partial charge in [0, 0.05) is 22.8 Å². The molecule has 2 nitrogen and oxygen atoms in total. The van der Waals surface area contributed by atoms with Crippen molar-refractivity contribution in [1.82, 2.24) is 0 Å². The number of benzene rings is 4. The van der Waals surface area contributed by atoms with Crippen molar-refractivity contribution in [3.63, 3.8) is 0 Å². The molecule has 4 aromatic rings. The predicted octanol–water partition coefficient (Wildman–Crippen LogP) is 8.88. The molecule has 0 aliphatic heterocycles. The van der Waals surface area contributed by atoms with Crippen LogP contribution in [0.4, 0.5) is 27.6 Å². The Morgan fingerprint density at radius 2 is 1.16 bits per heavy atom. The third kappa shape index (κ3) is 5.88. The van der Waals surface area contributed by atoms with Gasteiger partial charge in [-0.25, -0.2) is 26.9 Å². The Bertz CT molecular complexity index is 1380. The van der Waals surface area contributed by atoms with E-state index >= 15 is 0 Å². The summed E-state index contributed by atoms with van der Waals surface area (Å²) in [5.74, 6) is -10.8. The molecule has 0 aliphatic rings. The quantitative estimate of drug-likeness (QED) is 0.0762. The van der Waals surface area contributed by atoms with Crippen molar-refractivity contribution >= 4 is 28.9 Å². The minimum absolute atomic E-state index is 0.0875. The van der Waals surface area contributed by atoms with Crippen molar-refractivity contribution in [2.45, 2.75) is 19.3 Å². The Kier molecular flexibility index (Phi) is 10.3. The first-order valence-corrected chi connectivity index (χ1v) is 17.4. The summed E-state index contributed by atoms with van der Waals surface area (Å²) in [6, 6.07) is 22.3. The van der Waals surface area contributed by atoms with Gasteiger partial charge in [0.1, 0.15) is 11.4 Å². The molecule has 0 atom stereocenters. The molecule has 10 heteroatoms. The number of aromatic hydroxyl groups is 1. The second-order valence-electron chi connectivity index (χ2n) is 8.30. The van der Waals surface area contributed by atoms with Crippen LogP contribution in [0.3, 0.4) is 0 Å². The number of phenolic OH excluding ortho intramolecular Hbond substituents is 1. The Morgan fingerprint density at radius 3 is 1.61 bits per heavy atom. The van der Waals surface area contributed by atoms with Gasteiger partial charge in [-0.2, -0.15) is 0 Å². The molecule has 0 spiro atoms. The van der Waals surface area contributed by atoms with E-state index in [1.54, 1.807) is 19.1 Å². The molecule has 0 saturated heterocycles. The van der Waals surface area contributed by atoms with Crippen LogP contribution in [-0.4, -0.2) is 11.3 Å². The van der Waals surface area contributed by atoms with Crippen molar-refractivity contribution in [2.75, 3.05) is 0 Å². The van der Waals surface area contributed by atoms with Gasteiger partial charge in [-0.05, 0) is 30.5 Å². The number of hydrogen-bond acceptors (Lipinski definition) is 2. The molecule has 38 heavy (non-hydrogen) atoms. The molecule has 0 amide bonds. The monoisotopic (exact) mass is 641 g/mol. The zero-order chi connectivity index (χ0) is 28.0. The summed E-state index contributed by atoms with van der Waals surface area (Å²) in [7, 11) is 9.87. The van der Waals surface area contributed by atoms with Crippen LogP contribution in [0.1, 0.15) is 34.7 Å². The van der Waals surface area contributed by atoms with Gasteiger partial charge < -0.3 is 5.11 Å². The predicted molar refractivity (Wildman–Crippen MR) is 136 cm³/mol. The van der Waals surface area contributed by atoms with Crippen molar-refractivity contribution in [1.29, 1.82) is 0 Å². The van der Waals surface area contributed by atoms with Gasteiger partial charge in [0.05, 0.1) is 0 Å². The molecular weight excluding hydrogens is 623 g/mol. The van der Waals surface area contributed by atoms with Crippen LogP contribution < -0.4 is 0 Å². The van der Waals surface area contributed by atoms with Crippen LogP contribution in [0.2, 0.25) is 0 Å². The van der Waals surface area contributed by atoms with Crippen molar-refractivity contribution in [3.8, 4) is 5.75 Å². The summed E-state index contributed by atoms with van der Waals surface area (Å²) >= 11 is -0.826. The van der Waals surface area contributed by atoms with Crippen molar-refractivity contribution < 1.29 is 47.9 Å². The summed E-state index contributed by atoms with van der Waals surface area (Å²) in [6.45, 7) is 3.55. The van der Waals surface area contributed by atoms with E-state index in [1.807, 2.05) is 67.6 Å². The Morgan fingerprint density at radius 1 is 0.737 bits per heavy atom. The summed E-state index contributed by atoms with van der Waals surface area (Å²) in [6.07, 6.45) is 0.906. The first kappa shape index (κ1) is 30.0. The second kappa shape index (κ2) is 13.0. The number of aliphatic imine (C=N–C) groups is 1. The fourth-order valence-electron chi connectivity index (χ4n) is 4.13. The van der Waals surface area contributed by atoms with E-state index in [0.29, 0.717) is 11.1 Å². The number of aryl methyl sites for hydroxylation is 1. The topological polar surface area (TPSA) is 32.6 Å². The summed E-state index contributed by atoms with van der Waals surface area (Å²) in [5.41, 5.74) is 0.611. The molecule has 0 bridgehead atoms. The van der Waals surface area contributed by atoms with Gasteiger partial charge in [-0.15, -0.1) is 0 Å². The normalized spacial score (nSPS) is 11.3. The number of hydrogen-bond donors (Lipinski definition) is 1. The number of halogens is 7. The molecule has 1 N–H and O–H groups in total. The molecule has 0 aliphatic carbocycles. The Balaban J connectivity index is 0.00000127. The average Bonchev–Trinajstić information content (AvgIpc) is 2.93. The number of rotatable bonds is 5. The maximum atomic E-state index is 14.1. The van der Waals surface area contributed by atoms with Gasteiger partial charge in [0.2, 0.25) is 5.82 Å². The average molecular weight is 644 g/mol. The van der Waals surface area contributed by atoms with Crippen molar-refractivity contribution in [3.05, 3.63) is 130 Å². The Hall–Kier alpha value is -2.54. The van der Waals surface area contributed by atoms with Crippen molar-refractivity contribution in [2.24, 2.45) is 4.99 Å². The number of phenols is 1. The summed E-state index contributed by atoms with van der Waals surface area (Å²) in [5, 5.41) is 11.3. The van der Waals surface area contributed by atoms with E-state index in [1.165, 1.54) is 0 Å². The molecule has 4 aromatic carbocycles. The first-order chi connectivity index (χ1) is 18.1. The van der Waals surface area contributed by atoms with Crippen LogP contribution in [0.25, 0.3) is 0 Å². The molecule has 0 saturated carbocycles. The van der Waals surface area contributed by atoms with E-state index < -0.39 is 61.0 Å². The Labute approximate surface area is 235 Å². The van der Waals surface area contributed by atoms with E-state index in [2.05, 4.69) is 4.99 Å². The number of nitrogens with zero attached hydrogens (tertiary/aromatic N) is 1. The second-order valence-corrected chi connectivity index (χ2v) is 12.0. The van der Waals surface area contributed by atoms with Crippen LogP contribution in [-0.2, 0) is 26.3 Å². The van der Waals surface area contributed by atoms with Gasteiger partial charge in [-0.1, -0.05) is 72.8 Å². The van der Waals surface area contributed by atoms with E-state index in [9.17, 15) is 27.1 Å². The fourth-order valence-corrected chi connectivity index (χ4v) is 4.13. The van der Waals surface area contributed by atoms with Gasteiger partial charge >= 0.3 is 37.9 Å². The van der Waals surface area contributed by atoms with Gasteiger partial charge in [-0.3, -0.25) is 0 Å². The summed E-state index contributed by atoms with van der Waals surface area (Å²) < 4.78 is 68.8. The first-order valence-electron chi connectivity index (χ1n) is 11.0. The zero-order valence-corrected chi connectivity index (χ0v) is 24.0. The minimum atomic E-state index is -2.26. The molecule has 4 rings (SSSR count). The molecule has 0 radical (unpaired) electrons. The molecule has 0 aromatic heterocycles. The molecular formula is C28H20Cl2F5NOZr. The molecule has 0 unspecified atom stereocenters. The standard InChI is InChI=1S/C28H20F5NO.2ClH.Zr/c1-16-13-14-20(28(2,17-9-5-3-6-10-17)18-11-7-4-8-12-18)27(35)19(16)15-34-26-24(32)22(30)21(29)23(31)25(26)33;;;/h3-15,35H,1-2H3;2*1H;/q;;;+2/p-2. The summed E-state index contributed by atoms with van der Waals surface area (Å²) in [4.78, 5) is 3.55. The van der Waals surface area contributed by atoms with E-state index in [-0.39, 0.29) is 11.3 Å². The van der Waals surface area contributed by atoms with Crippen LogP contribution >= 0.6 is 17.0 Å².